The second-order valence-corrected chi connectivity index (χ2v) is 6.70. The predicted molar refractivity (Wildman–Crippen MR) is 88.1 cm³/mol. The molecule has 0 aromatic heterocycles. The molecule has 2 heterocycles. The fraction of sp³-hybridized carbons (Fsp3) is 0.611. The summed E-state index contributed by atoms with van der Waals surface area (Å²) in [6, 6.07) is 7.22. The molecule has 7 atom stereocenters. The summed E-state index contributed by atoms with van der Waals surface area (Å²) in [5, 5.41) is 38.8. The van der Waals surface area contributed by atoms with Gasteiger partial charge in [0.15, 0.2) is 6.29 Å². The van der Waals surface area contributed by atoms with Gasteiger partial charge in [-0.1, -0.05) is 18.2 Å². The normalized spacial score (nSPS) is 35.0. The zero-order valence-electron chi connectivity index (χ0n) is 14.4. The molecule has 3 rings (SSSR count). The van der Waals surface area contributed by atoms with E-state index in [2.05, 4.69) is 0 Å². The highest BCUT2D eigenvalue weighted by Gasteiger charge is 2.44. The Labute approximate surface area is 150 Å². The average molecular weight is 368 g/mol. The highest BCUT2D eigenvalue weighted by molar-refractivity contribution is 5.93. The highest BCUT2D eigenvalue weighted by atomic mass is 16.7. The van der Waals surface area contributed by atoms with Gasteiger partial charge in [0, 0.05) is 5.56 Å². The van der Waals surface area contributed by atoms with E-state index in [1.807, 2.05) is 12.1 Å². The van der Waals surface area contributed by atoms with E-state index < -0.39 is 37.3 Å². The molecule has 1 aromatic rings. The Hall–Kier alpha value is -1.55. The van der Waals surface area contributed by atoms with Crippen molar-refractivity contribution in [3.05, 3.63) is 35.4 Å². The minimum absolute atomic E-state index is 0.340. The first-order valence-corrected chi connectivity index (χ1v) is 8.68. The van der Waals surface area contributed by atoms with Gasteiger partial charge >= 0.3 is 5.97 Å². The van der Waals surface area contributed by atoms with Crippen LogP contribution >= 0.6 is 0 Å². The van der Waals surface area contributed by atoms with Crippen molar-refractivity contribution in [1.29, 1.82) is 0 Å². The first kappa shape index (κ1) is 19.2. The number of esters is 1. The quantitative estimate of drug-likeness (QED) is 0.512. The van der Waals surface area contributed by atoms with Crippen molar-refractivity contribution in [1.82, 2.24) is 0 Å². The molecule has 1 saturated heterocycles. The topological polar surface area (TPSA) is 126 Å². The van der Waals surface area contributed by atoms with Gasteiger partial charge < -0.3 is 34.6 Å². The van der Waals surface area contributed by atoms with Crippen LogP contribution in [0.5, 0.6) is 0 Å². The van der Waals surface area contributed by atoms with Crippen LogP contribution in [0.15, 0.2) is 24.3 Å². The molecule has 4 N–H and O–H groups in total. The van der Waals surface area contributed by atoms with Gasteiger partial charge in [0.05, 0.1) is 18.3 Å². The zero-order valence-corrected chi connectivity index (χ0v) is 14.4. The lowest BCUT2D eigenvalue weighted by molar-refractivity contribution is -0.310. The molecule has 1 fully saturated rings. The first-order valence-electron chi connectivity index (χ1n) is 8.68. The average Bonchev–Trinajstić information content (AvgIpc) is 2.97. The molecule has 0 bridgehead atoms. The highest BCUT2D eigenvalue weighted by Crippen LogP contribution is 2.34. The molecule has 144 valence electrons. The first-order chi connectivity index (χ1) is 12.4. The summed E-state index contributed by atoms with van der Waals surface area (Å²) in [5.74, 6) is -0.340. The minimum Gasteiger partial charge on any atom is -0.454 e. The lowest BCUT2D eigenvalue weighted by Crippen LogP contribution is -2.59. The second-order valence-electron chi connectivity index (χ2n) is 6.70. The molecular formula is C18H24O8. The number of aliphatic hydroxyl groups excluding tert-OH is 4. The number of aliphatic hydroxyl groups is 4. The maximum atomic E-state index is 11.8. The molecule has 2 aliphatic rings. The molecule has 0 aliphatic carbocycles. The molecule has 0 unspecified atom stereocenters. The summed E-state index contributed by atoms with van der Waals surface area (Å²) in [4.78, 5) is 11.8. The van der Waals surface area contributed by atoms with E-state index in [1.54, 1.807) is 19.1 Å². The summed E-state index contributed by atoms with van der Waals surface area (Å²) in [6.07, 6.45) is -6.17. The van der Waals surface area contributed by atoms with Crippen LogP contribution in [0.25, 0.3) is 0 Å². The van der Waals surface area contributed by atoms with Crippen molar-refractivity contribution in [2.75, 3.05) is 6.61 Å². The minimum atomic E-state index is -1.47. The van der Waals surface area contributed by atoms with E-state index in [-0.39, 0.29) is 18.2 Å². The molecule has 1 aromatic carbocycles. The molecular weight excluding hydrogens is 344 g/mol. The van der Waals surface area contributed by atoms with Crippen molar-refractivity contribution in [2.24, 2.45) is 0 Å². The fourth-order valence-electron chi connectivity index (χ4n) is 3.30. The summed E-state index contributed by atoms with van der Waals surface area (Å²) in [6.45, 7) is 1.26. The van der Waals surface area contributed by atoms with Crippen molar-refractivity contribution >= 4 is 5.97 Å². The van der Waals surface area contributed by atoms with E-state index >= 15 is 0 Å². The Morgan fingerprint density at radius 3 is 2.62 bits per heavy atom. The summed E-state index contributed by atoms with van der Waals surface area (Å²) >= 11 is 0. The summed E-state index contributed by atoms with van der Waals surface area (Å²) in [5.41, 5.74) is 1.41. The lowest BCUT2D eigenvalue weighted by Gasteiger charge is -2.40. The van der Waals surface area contributed by atoms with Crippen molar-refractivity contribution in [3.63, 3.8) is 0 Å². The standard InChI is InChI=1S/C18H24O8/c1-9(24-18-16(22)15(21)14(20)13(8-19)26-18)6-7-12-10-4-2-3-5-11(10)17(23)25-12/h2-5,9,12-16,18-22H,6-8H2,1H3/t9-,12-,13+,14+,15-,16+,18+/m0/s1. The van der Waals surface area contributed by atoms with Crippen molar-refractivity contribution in [2.45, 2.75) is 62.7 Å². The van der Waals surface area contributed by atoms with Gasteiger partial charge in [-0.3, -0.25) is 0 Å². The SMILES string of the molecule is C[C@@H](CC[C@@H]1OC(=O)c2ccccc21)O[C@@H]1O[C@H](CO)[C@@H](O)[C@H](O)[C@H]1O. The molecule has 8 heteroatoms. The second kappa shape index (κ2) is 7.99. The van der Waals surface area contributed by atoms with E-state index in [1.165, 1.54) is 0 Å². The number of carbonyl (C=O) groups is 1. The van der Waals surface area contributed by atoms with E-state index in [9.17, 15) is 25.2 Å². The van der Waals surface area contributed by atoms with E-state index in [4.69, 9.17) is 14.2 Å². The Kier molecular flexibility index (Phi) is 5.91. The van der Waals surface area contributed by atoms with Gasteiger partial charge in [-0.2, -0.15) is 0 Å². The van der Waals surface area contributed by atoms with Crippen molar-refractivity contribution in [3.8, 4) is 0 Å². The van der Waals surface area contributed by atoms with Crippen molar-refractivity contribution < 1.29 is 39.4 Å². The fourth-order valence-corrected chi connectivity index (χ4v) is 3.30. The maximum absolute atomic E-state index is 11.8. The number of fused-ring (bicyclic) bond motifs is 1. The molecule has 26 heavy (non-hydrogen) atoms. The Bertz CT molecular complexity index is 633. The third-order valence-corrected chi connectivity index (χ3v) is 4.83. The van der Waals surface area contributed by atoms with Crippen LogP contribution in [0.3, 0.4) is 0 Å². The number of hydrogen-bond donors (Lipinski definition) is 4. The molecule has 8 nitrogen and oxygen atoms in total. The van der Waals surface area contributed by atoms with Crippen LogP contribution in [0.2, 0.25) is 0 Å². The summed E-state index contributed by atoms with van der Waals surface area (Å²) in [7, 11) is 0. The van der Waals surface area contributed by atoms with Gasteiger partial charge in [-0.25, -0.2) is 4.79 Å². The smallest absolute Gasteiger partial charge is 0.339 e. The number of ether oxygens (including phenoxy) is 3. The lowest BCUT2D eigenvalue weighted by atomic mass is 9.99. The van der Waals surface area contributed by atoms with E-state index in [0.29, 0.717) is 18.4 Å². The molecule has 0 saturated carbocycles. The molecule has 2 aliphatic heterocycles. The molecule has 0 radical (unpaired) electrons. The number of benzene rings is 1. The van der Waals surface area contributed by atoms with Gasteiger partial charge in [-0.05, 0) is 25.8 Å². The van der Waals surface area contributed by atoms with Gasteiger partial charge in [-0.15, -0.1) is 0 Å². The summed E-state index contributed by atoms with van der Waals surface area (Å²) < 4.78 is 16.3. The Morgan fingerprint density at radius 2 is 1.88 bits per heavy atom. The van der Waals surface area contributed by atoms with Crippen LogP contribution in [-0.2, 0) is 14.2 Å². The van der Waals surface area contributed by atoms with Crippen LogP contribution in [0.4, 0.5) is 0 Å². The third kappa shape index (κ3) is 3.75. The molecule has 0 amide bonds. The van der Waals surface area contributed by atoms with Gasteiger partial charge in [0.1, 0.15) is 30.5 Å². The Morgan fingerprint density at radius 1 is 1.15 bits per heavy atom. The van der Waals surface area contributed by atoms with Crippen LogP contribution in [-0.4, -0.2) is 69.8 Å². The Balaban J connectivity index is 1.55. The largest absolute Gasteiger partial charge is 0.454 e. The number of carbonyl (C=O) groups excluding carboxylic acids is 1. The van der Waals surface area contributed by atoms with Gasteiger partial charge in [0.25, 0.3) is 0 Å². The zero-order chi connectivity index (χ0) is 18.8. The maximum Gasteiger partial charge on any atom is 0.339 e. The van der Waals surface area contributed by atoms with Gasteiger partial charge in [0.2, 0.25) is 0 Å². The predicted octanol–water partition coefficient (Wildman–Crippen LogP) is -0.117. The molecule has 0 spiro atoms. The van der Waals surface area contributed by atoms with Crippen LogP contribution < -0.4 is 0 Å². The third-order valence-electron chi connectivity index (χ3n) is 4.83. The number of hydrogen-bond acceptors (Lipinski definition) is 8. The van der Waals surface area contributed by atoms with Crippen LogP contribution in [0, 0.1) is 0 Å². The van der Waals surface area contributed by atoms with Crippen LogP contribution in [0.1, 0.15) is 41.8 Å². The van der Waals surface area contributed by atoms with E-state index in [0.717, 1.165) is 5.56 Å². The number of rotatable bonds is 6. The monoisotopic (exact) mass is 368 g/mol. The number of cyclic esters (lactones) is 1.